The minimum Gasteiger partial charge on any atom is -0.508 e. The Morgan fingerprint density at radius 3 is 2.57 bits per heavy atom. The van der Waals surface area contributed by atoms with Gasteiger partial charge in [-0.25, -0.2) is 9.97 Å². The second kappa shape index (κ2) is 5.97. The monoisotopic (exact) mass is 299 g/mol. The van der Waals surface area contributed by atoms with Gasteiger partial charge in [-0.05, 0) is 47.9 Å². The smallest absolute Gasteiger partial charge is 0.224 e. The number of aromatic nitrogens is 2. The van der Waals surface area contributed by atoms with Crippen molar-refractivity contribution in [1.82, 2.24) is 9.97 Å². The van der Waals surface area contributed by atoms with Crippen LogP contribution >= 0.6 is 11.6 Å². The zero-order chi connectivity index (χ0) is 14.7. The van der Waals surface area contributed by atoms with Gasteiger partial charge in [-0.2, -0.15) is 0 Å². The van der Waals surface area contributed by atoms with E-state index < -0.39 is 0 Å². The normalized spacial score (nSPS) is 10.7. The van der Waals surface area contributed by atoms with Crippen molar-refractivity contribution in [1.29, 1.82) is 0 Å². The third kappa shape index (κ3) is 3.23. The fraction of sp³-hybridized carbons (Fsp3) is 0.125. The van der Waals surface area contributed by atoms with Gasteiger partial charge in [0.05, 0.1) is 5.52 Å². The van der Waals surface area contributed by atoms with E-state index in [-0.39, 0.29) is 11.0 Å². The third-order valence-corrected chi connectivity index (χ3v) is 3.39. The van der Waals surface area contributed by atoms with Crippen molar-refractivity contribution in [3.63, 3.8) is 0 Å². The maximum Gasteiger partial charge on any atom is 0.224 e. The molecular weight excluding hydrogens is 286 g/mol. The molecule has 0 bridgehead atoms. The van der Waals surface area contributed by atoms with Crippen LogP contribution in [0.25, 0.3) is 10.9 Å². The third-order valence-electron chi connectivity index (χ3n) is 3.22. The van der Waals surface area contributed by atoms with Crippen LogP contribution in [0.15, 0.2) is 48.5 Å². The van der Waals surface area contributed by atoms with Gasteiger partial charge >= 0.3 is 0 Å². The van der Waals surface area contributed by atoms with Crippen LogP contribution in [0.1, 0.15) is 5.56 Å². The Hall–Kier alpha value is -2.33. The van der Waals surface area contributed by atoms with E-state index in [0.717, 1.165) is 35.2 Å². The number of nitrogens with one attached hydrogen (secondary N) is 1. The summed E-state index contributed by atoms with van der Waals surface area (Å²) in [4.78, 5) is 8.45. The molecule has 4 nitrogen and oxygen atoms in total. The number of para-hydroxylation sites is 1. The molecule has 5 heteroatoms. The largest absolute Gasteiger partial charge is 0.508 e. The van der Waals surface area contributed by atoms with Gasteiger partial charge in [0.15, 0.2) is 0 Å². The molecule has 106 valence electrons. The van der Waals surface area contributed by atoms with Crippen LogP contribution in [0, 0.1) is 0 Å². The first kappa shape index (κ1) is 13.6. The van der Waals surface area contributed by atoms with Crippen LogP contribution in [-0.4, -0.2) is 21.6 Å². The lowest BCUT2D eigenvalue weighted by Gasteiger charge is -2.09. The summed E-state index contributed by atoms with van der Waals surface area (Å²) < 4.78 is 0. The zero-order valence-electron chi connectivity index (χ0n) is 11.3. The molecule has 0 saturated carbocycles. The molecule has 21 heavy (non-hydrogen) atoms. The lowest BCUT2D eigenvalue weighted by molar-refractivity contribution is 0.475. The van der Waals surface area contributed by atoms with E-state index in [1.165, 1.54) is 0 Å². The van der Waals surface area contributed by atoms with Crippen molar-refractivity contribution in [2.45, 2.75) is 6.42 Å². The number of rotatable bonds is 4. The second-order valence-electron chi connectivity index (χ2n) is 4.70. The van der Waals surface area contributed by atoms with Gasteiger partial charge in [-0.1, -0.05) is 24.3 Å². The number of nitrogens with zero attached hydrogens (tertiary/aromatic N) is 2. The summed E-state index contributed by atoms with van der Waals surface area (Å²) in [5.74, 6) is 1.02. The van der Waals surface area contributed by atoms with Crippen molar-refractivity contribution in [3.8, 4) is 5.75 Å². The SMILES string of the molecule is Oc1ccc(CCNc2nc(Cl)nc3ccccc23)cc1. The molecule has 3 rings (SSSR count). The van der Waals surface area contributed by atoms with Gasteiger partial charge in [-0.15, -0.1) is 0 Å². The fourth-order valence-electron chi connectivity index (χ4n) is 2.17. The molecule has 0 saturated heterocycles. The highest BCUT2D eigenvalue weighted by Gasteiger charge is 2.05. The predicted octanol–water partition coefficient (Wildman–Crippen LogP) is 3.64. The number of anilines is 1. The van der Waals surface area contributed by atoms with Gasteiger partial charge in [0, 0.05) is 11.9 Å². The van der Waals surface area contributed by atoms with Gasteiger partial charge in [-0.3, -0.25) is 0 Å². The lowest BCUT2D eigenvalue weighted by atomic mass is 10.1. The molecular formula is C16H14ClN3O. The maximum absolute atomic E-state index is 9.26. The number of fused-ring (bicyclic) bond motifs is 1. The summed E-state index contributed by atoms with van der Waals surface area (Å²) in [5.41, 5.74) is 1.97. The average molecular weight is 300 g/mol. The van der Waals surface area contributed by atoms with Crippen LogP contribution in [0.5, 0.6) is 5.75 Å². The summed E-state index contributed by atoms with van der Waals surface area (Å²) in [7, 11) is 0. The number of hydrogen-bond donors (Lipinski definition) is 2. The Morgan fingerprint density at radius 1 is 1.00 bits per heavy atom. The van der Waals surface area contributed by atoms with Gasteiger partial charge in [0.2, 0.25) is 5.28 Å². The van der Waals surface area contributed by atoms with E-state index in [4.69, 9.17) is 11.6 Å². The average Bonchev–Trinajstić information content (AvgIpc) is 2.49. The molecule has 0 aliphatic carbocycles. The van der Waals surface area contributed by atoms with Gasteiger partial charge in [0.1, 0.15) is 11.6 Å². The van der Waals surface area contributed by atoms with Gasteiger partial charge < -0.3 is 10.4 Å². The molecule has 1 heterocycles. The summed E-state index contributed by atoms with van der Waals surface area (Å²) in [5, 5.41) is 13.7. The Bertz CT molecular complexity index is 759. The number of phenols is 1. The molecule has 2 aromatic carbocycles. The summed E-state index contributed by atoms with van der Waals surface area (Å²) >= 11 is 5.95. The molecule has 0 aliphatic rings. The number of benzene rings is 2. The Morgan fingerprint density at radius 2 is 1.76 bits per heavy atom. The molecule has 0 spiro atoms. The first-order chi connectivity index (χ1) is 10.2. The summed E-state index contributed by atoms with van der Waals surface area (Å²) in [6, 6.07) is 14.9. The van der Waals surface area contributed by atoms with Crippen LogP contribution in [0.4, 0.5) is 5.82 Å². The highest BCUT2D eigenvalue weighted by atomic mass is 35.5. The van der Waals surface area contributed by atoms with E-state index in [1.807, 2.05) is 36.4 Å². The Balaban J connectivity index is 1.74. The van der Waals surface area contributed by atoms with E-state index in [9.17, 15) is 5.11 Å². The number of phenolic OH excluding ortho intramolecular Hbond substituents is 1. The molecule has 0 aliphatic heterocycles. The molecule has 3 aromatic rings. The zero-order valence-corrected chi connectivity index (χ0v) is 12.0. The minimum atomic E-state index is 0.237. The van der Waals surface area contributed by atoms with Crippen LogP contribution in [0.2, 0.25) is 5.28 Å². The lowest BCUT2D eigenvalue weighted by Crippen LogP contribution is -2.07. The molecule has 1 aromatic heterocycles. The molecule has 0 fully saturated rings. The quantitative estimate of drug-likeness (QED) is 0.722. The van der Waals surface area contributed by atoms with E-state index in [2.05, 4.69) is 15.3 Å². The molecule has 0 amide bonds. The Labute approximate surface area is 127 Å². The van der Waals surface area contributed by atoms with Crippen molar-refractivity contribution in [3.05, 3.63) is 59.4 Å². The number of hydrogen-bond acceptors (Lipinski definition) is 4. The van der Waals surface area contributed by atoms with E-state index in [1.54, 1.807) is 12.1 Å². The van der Waals surface area contributed by atoms with Gasteiger partial charge in [0.25, 0.3) is 0 Å². The molecule has 0 atom stereocenters. The van der Waals surface area contributed by atoms with Crippen LogP contribution in [0.3, 0.4) is 0 Å². The van der Waals surface area contributed by atoms with Crippen LogP contribution < -0.4 is 5.32 Å². The summed E-state index contributed by atoms with van der Waals surface area (Å²) in [6.45, 7) is 0.724. The van der Waals surface area contributed by atoms with Crippen LogP contribution in [-0.2, 0) is 6.42 Å². The summed E-state index contributed by atoms with van der Waals surface area (Å²) in [6.07, 6.45) is 0.830. The van der Waals surface area contributed by atoms with Crippen molar-refractivity contribution < 1.29 is 5.11 Å². The van der Waals surface area contributed by atoms with E-state index in [0.29, 0.717) is 0 Å². The highest BCUT2D eigenvalue weighted by Crippen LogP contribution is 2.21. The van der Waals surface area contributed by atoms with Crippen molar-refractivity contribution in [2.24, 2.45) is 0 Å². The topological polar surface area (TPSA) is 58.0 Å². The minimum absolute atomic E-state index is 0.237. The van der Waals surface area contributed by atoms with Crippen molar-refractivity contribution in [2.75, 3.05) is 11.9 Å². The number of halogens is 1. The first-order valence-corrected chi connectivity index (χ1v) is 7.04. The molecule has 0 radical (unpaired) electrons. The predicted molar refractivity (Wildman–Crippen MR) is 84.8 cm³/mol. The molecule has 0 unspecified atom stereocenters. The first-order valence-electron chi connectivity index (χ1n) is 6.66. The van der Waals surface area contributed by atoms with Crippen molar-refractivity contribution >= 4 is 28.3 Å². The number of aromatic hydroxyl groups is 1. The Kier molecular flexibility index (Phi) is 3.88. The van der Waals surface area contributed by atoms with E-state index >= 15 is 0 Å². The maximum atomic E-state index is 9.26. The fourth-order valence-corrected chi connectivity index (χ4v) is 2.35. The standard InChI is InChI=1S/C16H14ClN3O/c17-16-19-14-4-2-1-3-13(14)15(20-16)18-10-9-11-5-7-12(21)8-6-11/h1-8,21H,9-10H2,(H,18,19,20). The molecule has 2 N–H and O–H groups in total. The highest BCUT2D eigenvalue weighted by molar-refractivity contribution is 6.28. The second-order valence-corrected chi connectivity index (χ2v) is 5.04.